The molecule has 2 aromatic carbocycles. The molecule has 0 radical (unpaired) electrons. The minimum atomic E-state index is -0.108. The minimum absolute atomic E-state index is 0.00404. The number of rotatable bonds is 7. The van der Waals surface area contributed by atoms with Gasteiger partial charge in [-0.05, 0) is 53.2 Å². The van der Waals surface area contributed by atoms with Gasteiger partial charge in [-0.2, -0.15) is 4.52 Å². The second-order valence-electron chi connectivity index (χ2n) is 7.18. The van der Waals surface area contributed by atoms with Crippen LogP contribution in [0.1, 0.15) is 16.7 Å². The molecule has 4 rings (SSSR count). The highest BCUT2D eigenvalue weighted by atomic mass is 16.5. The van der Waals surface area contributed by atoms with E-state index in [-0.39, 0.29) is 12.5 Å². The van der Waals surface area contributed by atoms with Gasteiger partial charge >= 0.3 is 0 Å². The molecular formula is C22H23N5O3. The number of methoxy groups -OCH3 is 2. The molecule has 0 atom stereocenters. The molecule has 154 valence electrons. The Kier molecular flexibility index (Phi) is 5.58. The highest BCUT2D eigenvalue weighted by Crippen LogP contribution is 2.23. The van der Waals surface area contributed by atoms with E-state index < -0.39 is 0 Å². The first-order valence-electron chi connectivity index (χ1n) is 9.59. The van der Waals surface area contributed by atoms with Crippen LogP contribution in [0.4, 0.5) is 0 Å². The molecular weight excluding hydrogens is 382 g/mol. The van der Waals surface area contributed by atoms with E-state index in [9.17, 15) is 4.79 Å². The molecule has 0 aliphatic heterocycles. The Bertz CT molecular complexity index is 1190. The van der Waals surface area contributed by atoms with Crippen molar-refractivity contribution >= 4 is 22.5 Å². The molecule has 2 aromatic heterocycles. The molecule has 0 unspecified atom stereocenters. The summed E-state index contributed by atoms with van der Waals surface area (Å²) in [6.45, 7) is 2.85. The number of amides is 1. The van der Waals surface area contributed by atoms with Gasteiger partial charge in [0.05, 0.1) is 12.6 Å². The van der Waals surface area contributed by atoms with E-state index in [2.05, 4.69) is 27.7 Å². The molecule has 0 bridgehead atoms. The molecule has 0 aliphatic rings. The first-order valence-corrected chi connectivity index (χ1v) is 9.59. The number of fused-ring (bicyclic) bond motifs is 3. The zero-order valence-electron chi connectivity index (χ0n) is 17.2. The van der Waals surface area contributed by atoms with E-state index in [1.807, 2.05) is 43.3 Å². The summed E-state index contributed by atoms with van der Waals surface area (Å²) in [5, 5.41) is 13.2. The molecule has 2 heterocycles. The van der Waals surface area contributed by atoms with Crippen molar-refractivity contribution in [1.82, 2.24) is 24.9 Å². The number of carbonyl (C=O) groups is 1. The number of ether oxygens (including phenoxy) is 2. The zero-order valence-corrected chi connectivity index (χ0v) is 17.2. The number of aryl methyl sites for hydroxylation is 1. The molecule has 0 N–H and O–H groups in total. The Morgan fingerprint density at radius 3 is 2.60 bits per heavy atom. The molecule has 0 spiro atoms. The SMILES string of the molecule is COCC(=O)N(Cc1ccc(OC)cc1)Cc1cc2cc(C)ccc2n2nnnc12. The fourth-order valence-corrected chi connectivity index (χ4v) is 3.50. The predicted molar refractivity (Wildman–Crippen MR) is 112 cm³/mol. The van der Waals surface area contributed by atoms with Gasteiger partial charge in [0.1, 0.15) is 12.4 Å². The van der Waals surface area contributed by atoms with Crippen molar-refractivity contribution in [3.05, 3.63) is 65.2 Å². The van der Waals surface area contributed by atoms with Gasteiger partial charge in [0.2, 0.25) is 5.91 Å². The lowest BCUT2D eigenvalue weighted by atomic mass is 10.1. The van der Waals surface area contributed by atoms with Gasteiger partial charge in [-0.25, -0.2) is 0 Å². The van der Waals surface area contributed by atoms with E-state index in [0.29, 0.717) is 18.7 Å². The standard InChI is InChI=1S/C22H23N5O3/c1-15-4-9-20-17(10-15)11-18(22-23-24-25-27(20)22)13-26(21(28)14-29-2)12-16-5-7-19(30-3)8-6-16/h4-11H,12-14H2,1-3H3. The van der Waals surface area contributed by atoms with Gasteiger partial charge in [0, 0.05) is 31.1 Å². The molecule has 0 saturated carbocycles. The van der Waals surface area contributed by atoms with Crippen LogP contribution in [0.25, 0.3) is 16.6 Å². The van der Waals surface area contributed by atoms with Crippen molar-refractivity contribution in [2.75, 3.05) is 20.8 Å². The number of pyridine rings is 1. The number of carbonyl (C=O) groups excluding carboxylic acids is 1. The number of hydrogen-bond donors (Lipinski definition) is 0. The van der Waals surface area contributed by atoms with Gasteiger partial charge in [-0.15, -0.1) is 5.10 Å². The predicted octanol–water partition coefficient (Wildman–Crippen LogP) is 2.77. The minimum Gasteiger partial charge on any atom is -0.497 e. The quantitative estimate of drug-likeness (QED) is 0.470. The van der Waals surface area contributed by atoms with Crippen LogP contribution in [0.3, 0.4) is 0 Å². The number of benzene rings is 2. The summed E-state index contributed by atoms with van der Waals surface area (Å²) in [6.07, 6.45) is 0. The Morgan fingerprint density at radius 2 is 1.87 bits per heavy atom. The van der Waals surface area contributed by atoms with Crippen molar-refractivity contribution in [2.45, 2.75) is 20.0 Å². The van der Waals surface area contributed by atoms with Crippen molar-refractivity contribution < 1.29 is 14.3 Å². The van der Waals surface area contributed by atoms with Crippen LogP contribution in [0.2, 0.25) is 0 Å². The van der Waals surface area contributed by atoms with Crippen LogP contribution in [-0.2, 0) is 22.6 Å². The van der Waals surface area contributed by atoms with Crippen LogP contribution < -0.4 is 4.74 Å². The number of tetrazole rings is 1. The second-order valence-corrected chi connectivity index (χ2v) is 7.18. The molecule has 0 fully saturated rings. The Balaban J connectivity index is 1.71. The summed E-state index contributed by atoms with van der Waals surface area (Å²) in [7, 11) is 3.14. The van der Waals surface area contributed by atoms with Gasteiger partial charge in [-0.1, -0.05) is 23.8 Å². The molecule has 8 heteroatoms. The summed E-state index contributed by atoms with van der Waals surface area (Å²) >= 11 is 0. The highest BCUT2D eigenvalue weighted by Gasteiger charge is 2.18. The first-order chi connectivity index (χ1) is 14.6. The lowest BCUT2D eigenvalue weighted by molar-refractivity contribution is -0.136. The van der Waals surface area contributed by atoms with Crippen molar-refractivity contribution in [1.29, 1.82) is 0 Å². The maximum atomic E-state index is 12.8. The highest BCUT2D eigenvalue weighted by molar-refractivity contribution is 5.84. The van der Waals surface area contributed by atoms with Crippen molar-refractivity contribution in [2.24, 2.45) is 0 Å². The third-order valence-electron chi connectivity index (χ3n) is 5.01. The third-order valence-corrected chi connectivity index (χ3v) is 5.01. The topological polar surface area (TPSA) is 81.8 Å². The Morgan fingerprint density at radius 1 is 1.07 bits per heavy atom. The molecule has 30 heavy (non-hydrogen) atoms. The van der Waals surface area contributed by atoms with Gasteiger partial charge in [0.25, 0.3) is 0 Å². The fourth-order valence-electron chi connectivity index (χ4n) is 3.50. The summed E-state index contributed by atoms with van der Waals surface area (Å²) in [5.41, 5.74) is 4.57. The van der Waals surface area contributed by atoms with E-state index in [1.165, 1.54) is 7.11 Å². The summed E-state index contributed by atoms with van der Waals surface area (Å²) in [5.74, 6) is 0.665. The Hall–Kier alpha value is -3.52. The monoisotopic (exact) mass is 405 g/mol. The smallest absolute Gasteiger partial charge is 0.249 e. The maximum Gasteiger partial charge on any atom is 0.249 e. The van der Waals surface area contributed by atoms with Crippen molar-refractivity contribution in [3.8, 4) is 5.75 Å². The Labute approximate surface area is 174 Å². The average Bonchev–Trinajstić information content (AvgIpc) is 3.24. The van der Waals surface area contributed by atoms with Gasteiger partial charge in [-0.3, -0.25) is 4.79 Å². The van der Waals surface area contributed by atoms with E-state index in [0.717, 1.165) is 33.3 Å². The summed E-state index contributed by atoms with van der Waals surface area (Å²) in [4.78, 5) is 14.5. The van der Waals surface area contributed by atoms with Crippen LogP contribution >= 0.6 is 0 Å². The summed E-state index contributed by atoms with van der Waals surface area (Å²) < 4.78 is 12.0. The van der Waals surface area contributed by atoms with Crippen molar-refractivity contribution in [3.63, 3.8) is 0 Å². The van der Waals surface area contributed by atoms with E-state index >= 15 is 0 Å². The van der Waals surface area contributed by atoms with E-state index in [4.69, 9.17) is 9.47 Å². The summed E-state index contributed by atoms with van der Waals surface area (Å²) in [6, 6.07) is 15.8. The fraction of sp³-hybridized carbons (Fsp3) is 0.273. The van der Waals surface area contributed by atoms with Crippen LogP contribution in [0, 0.1) is 6.92 Å². The normalized spacial score (nSPS) is 11.2. The van der Waals surface area contributed by atoms with Crippen LogP contribution in [0.5, 0.6) is 5.75 Å². The number of nitrogens with zero attached hydrogens (tertiary/aromatic N) is 5. The lowest BCUT2D eigenvalue weighted by Crippen LogP contribution is -2.33. The van der Waals surface area contributed by atoms with E-state index in [1.54, 1.807) is 16.5 Å². The first kappa shape index (κ1) is 19.8. The molecule has 8 nitrogen and oxygen atoms in total. The molecule has 4 aromatic rings. The zero-order chi connectivity index (χ0) is 21.1. The van der Waals surface area contributed by atoms with Crippen LogP contribution in [0.15, 0.2) is 48.5 Å². The van der Waals surface area contributed by atoms with Gasteiger partial charge < -0.3 is 14.4 Å². The molecule has 0 aliphatic carbocycles. The maximum absolute atomic E-state index is 12.8. The molecule has 0 saturated heterocycles. The average molecular weight is 405 g/mol. The largest absolute Gasteiger partial charge is 0.497 e. The number of hydrogen-bond acceptors (Lipinski definition) is 6. The van der Waals surface area contributed by atoms with Crippen LogP contribution in [-0.4, -0.2) is 51.7 Å². The number of aromatic nitrogens is 4. The lowest BCUT2D eigenvalue weighted by Gasteiger charge is -2.23. The second kappa shape index (κ2) is 8.46. The van der Waals surface area contributed by atoms with Gasteiger partial charge in [0.15, 0.2) is 5.65 Å². The molecule has 1 amide bonds. The third kappa shape index (κ3) is 3.95.